The summed E-state index contributed by atoms with van der Waals surface area (Å²) in [5.41, 5.74) is 2.50. The van der Waals surface area contributed by atoms with Crippen LogP contribution in [0.3, 0.4) is 0 Å². The van der Waals surface area contributed by atoms with E-state index in [4.69, 9.17) is 9.47 Å². The van der Waals surface area contributed by atoms with Crippen LogP contribution in [-0.4, -0.2) is 85.3 Å². The van der Waals surface area contributed by atoms with Gasteiger partial charge in [0.05, 0.1) is 36.7 Å². The van der Waals surface area contributed by atoms with E-state index < -0.39 is 21.5 Å². The van der Waals surface area contributed by atoms with Gasteiger partial charge in [0.15, 0.2) is 0 Å². The third-order valence-corrected chi connectivity index (χ3v) is 8.35. The fraction of sp³-hybridized carbons (Fsp3) is 0.346. The number of carbonyl (C=O) groups is 2. The molecule has 39 heavy (non-hydrogen) atoms. The first-order valence-electron chi connectivity index (χ1n) is 12.4. The van der Waals surface area contributed by atoms with Crippen molar-refractivity contribution in [2.24, 2.45) is 0 Å². The zero-order valence-corrected chi connectivity index (χ0v) is 22.1. The van der Waals surface area contributed by atoms with E-state index in [0.717, 1.165) is 22.2 Å². The van der Waals surface area contributed by atoms with Crippen molar-refractivity contribution >= 4 is 32.9 Å². The second kappa shape index (κ2) is 10.8. The predicted molar refractivity (Wildman–Crippen MR) is 140 cm³/mol. The quantitative estimate of drug-likeness (QED) is 0.293. The second-order valence-electron chi connectivity index (χ2n) is 9.57. The molecular formula is C26H29N5O7S. The number of hydrogen-bond donors (Lipinski definition) is 3. The third kappa shape index (κ3) is 5.52. The Bertz CT molecular complexity index is 1480. The number of hydrogen-bond acceptors (Lipinski definition) is 8. The Kier molecular flexibility index (Phi) is 7.40. The molecule has 5 rings (SSSR count). The number of para-hydroxylation sites is 1. The maximum absolute atomic E-state index is 13.2. The van der Waals surface area contributed by atoms with E-state index in [1.54, 1.807) is 4.90 Å². The summed E-state index contributed by atoms with van der Waals surface area (Å²) in [6.45, 7) is 3.36. The zero-order chi connectivity index (χ0) is 27.6. The first kappa shape index (κ1) is 26.8. The lowest BCUT2D eigenvalue weighted by molar-refractivity contribution is -0.141. The number of rotatable bonds is 7. The highest BCUT2D eigenvalue weighted by Gasteiger charge is 2.54. The molecule has 0 saturated carbocycles. The lowest BCUT2D eigenvalue weighted by atomic mass is 9.90. The van der Waals surface area contributed by atoms with Crippen LogP contribution in [0.1, 0.15) is 11.3 Å². The highest BCUT2D eigenvalue weighted by atomic mass is 32.2. The number of aromatic nitrogens is 1. The minimum Gasteiger partial charge on any atom is -0.489 e. The van der Waals surface area contributed by atoms with E-state index in [1.807, 2.05) is 37.3 Å². The molecule has 13 heteroatoms. The van der Waals surface area contributed by atoms with Crippen LogP contribution in [0.5, 0.6) is 5.75 Å². The number of nitrogens with zero attached hydrogens (tertiary/aromatic N) is 3. The van der Waals surface area contributed by atoms with Crippen molar-refractivity contribution in [2.75, 3.05) is 39.4 Å². The molecule has 3 N–H and O–H groups in total. The van der Waals surface area contributed by atoms with Gasteiger partial charge in [-0.05, 0) is 43.3 Å². The van der Waals surface area contributed by atoms with Crippen LogP contribution in [0.4, 0.5) is 4.79 Å². The van der Waals surface area contributed by atoms with Gasteiger partial charge < -0.3 is 19.3 Å². The Morgan fingerprint density at radius 1 is 1.08 bits per heavy atom. The van der Waals surface area contributed by atoms with Gasteiger partial charge in [0.2, 0.25) is 10.0 Å². The molecule has 2 aromatic carbocycles. The molecule has 0 atom stereocenters. The summed E-state index contributed by atoms with van der Waals surface area (Å²) in [5.74, 6) is -0.488. The zero-order valence-electron chi connectivity index (χ0n) is 21.3. The number of sulfonamides is 1. The molecule has 2 aliphatic rings. The van der Waals surface area contributed by atoms with Crippen LogP contribution in [0, 0.1) is 6.92 Å². The van der Waals surface area contributed by atoms with Gasteiger partial charge in [0.25, 0.3) is 5.91 Å². The lowest BCUT2D eigenvalue weighted by Crippen LogP contribution is -2.77. The Balaban J connectivity index is 1.26. The molecule has 2 aliphatic heterocycles. The standard InChI is InChI=1S/C26H29N5O7S/c1-18-14-19(22-4-2-3-5-23(22)27-18)15-38-20-6-8-21(9-7-20)39(35,36)29-26(24(32)28-34)16-31(17-26)25(33)30-10-12-37-13-11-30/h2-9,14,29,34H,10-13,15-17H2,1H3,(H,28,32). The molecule has 0 spiro atoms. The SMILES string of the molecule is Cc1cc(COc2ccc(S(=O)(=O)NC3(C(=O)NO)CN(C(=O)N4CCOCC4)C3)cc2)c2ccccc2n1. The fourth-order valence-corrected chi connectivity index (χ4v) is 6.11. The number of pyridine rings is 1. The minimum absolute atomic E-state index is 0.0943. The van der Waals surface area contributed by atoms with Crippen LogP contribution in [-0.2, 0) is 26.2 Å². The van der Waals surface area contributed by atoms with Crippen molar-refractivity contribution < 1.29 is 32.7 Å². The van der Waals surface area contributed by atoms with E-state index in [0.29, 0.717) is 32.1 Å². The first-order chi connectivity index (χ1) is 18.7. The minimum atomic E-state index is -4.18. The number of carbonyl (C=O) groups excluding carboxylic acids is 2. The molecular weight excluding hydrogens is 526 g/mol. The van der Waals surface area contributed by atoms with Gasteiger partial charge in [-0.2, -0.15) is 4.72 Å². The molecule has 0 aliphatic carbocycles. The van der Waals surface area contributed by atoms with Crippen LogP contribution in [0.15, 0.2) is 59.5 Å². The van der Waals surface area contributed by atoms with Gasteiger partial charge in [-0.1, -0.05) is 18.2 Å². The molecule has 3 amide bonds. The first-order valence-corrected chi connectivity index (χ1v) is 13.9. The van der Waals surface area contributed by atoms with Gasteiger partial charge >= 0.3 is 6.03 Å². The van der Waals surface area contributed by atoms with Gasteiger partial charge in [0.1, 0.15) is 17.9 Å². The van der Waals surface area contributed by atoms with Crippen molar-refractivity contribution in [3.8, 4) is 5.75 Å². The number of aryl methyl sites for hydroxylation is 1. The number of nitrogens with one attached hydrogen (secondary N) is 2. The summed E-state index contributed by atoms with van der Waals surface area (Å²) < 4.78 is 39.9. The number of morpholine rings is 1. The number of hydroxylamine groups is 1. The van der Waals surface area contributed by atoms with Gasteiger partial charge in [-0.25, -0.2) is 18.7 Å². The molecule has 206 valence electrons. The van der Waals surface area contributed by atoms with Crippen molar-refractivity contribution in [1.29, 1.82) is 0 Å². The van der Waals surface area contributed by atoms with Crippen LogP contribution >= 0.6 is 0 Å². The Labute approximate surface area is 225 Å². The van der Waals surface area contributed by atoms with E-state index >= 15 is 0 Å². The summed E-state index contributed by atoms with van der Waals surface area (Å²) in [6, 6.07) is 15.2. The third-order valence-electron chi connectivity index (χ3n) is 6.80. The van der Waals surface area contributed by atoms with Crippen molar-refractivity contribution in [3.05, 3.63) is 65.9 Å². The number of urea groups is 1. The smallest absolute Gasteiger partial charge is 0.320 e. The average Bonchev–Trinajstić information content (AvgIpc) is 2.93. The number of likely N-dealkylation sites (tertiary alicyclic amines) is 1. The molecule has 3 heterocycles. The molecule has 0 radical (unpaired) electrons. The van der Waals surface area contributed by atoms with Crippen molar-refractivity contribution in [1.82, 2.24) is 25.0 Å². The highest BCUT2D eigenvalue weighted by molar-refractivity contribution is 7.89. The summed E-state index contributed by atoms with van der Waals surface area (Å²) >= 11 is 0. The van der Waals surface area contributed by atoms with Crippen molar-refractivity contribution in [3.63, 3.8) is 0 Å². The summed E-state index contributed by atoms with van der Waals surface area (Å²) in [4.78, 5) is 32.6. The predicted octanol–water partition coefficient (Wildman–Crippen LogP) is 1.41. The number of fused-ring (bicyclic) bond motifs is 1. The number of benzene rings is 2. The van der Waals surface area contributed by atoms with Gasteiger partial charge in [0, 0.05) is 29.7 Å². The Morgan fingerprint density at radius 2 is 1.77 bits per heavy atom. The maximum Gasteiger partial charge on any atom is 0.320 e. The maximum atomic E-state index is 13.2. The van der Waals surface area contributed by atoms with E-state index in [2.05, 4.69) is 9.71 Å². The van der Waals surface area contributed by atoms with Gasteiger partial charge in [-0.15, -0.1) is 0 Å². The van der Waals surface area contributed by atoms with E-state index in [-0.39, 0.29) is 30.6 Å². The normalized spacial score (nSPS) is 17.0. The number of amides is 3. The fourth-order valence-electron chi connectivity index (χ4n) is 4.76. The highest BCUT2D eigenvalue weighted by Crippen LogP contribution is 2.27. The summed E-state index contributed by atoms with van der Waals surface area (Å²) in [7, 11) is -4.18. The molecule has 1 aromatic heterocycles. The summed E-state index contributed by atoms with van der Waals surface area (Å²) in [6.07, 6.45) is 0. The topological polar surface area (TPSA) is 150 Å². The van der Waals surface area contributed by atoms with Gasteiger partial charge in [-0.3, -0.25) is 15.0 Å². The van der Waals surface area contributed by atoms with Crippen LogP contribution in [0.25, 0.3) is 10.9 Å². The molecule has 0 bridgehead atoms. The van der Waals surface area contributed by atoms with E-state index in [1.165, 1.54) is 34.6 Å². The Hall–Kier alpha value is -3.78. The molecule has 2 saturated heterocycles. The number of ether oxygens (including phenoxy) is 2. The van der Waals surface area contributed by atoms with Crippen LogP contribution < -0.4 is 14.9 Å². The molecule has 2 fully saturated rings. The van der Waals surface area contributed by atoms with Crippen LogP contribution in [0.2, 0.25) is 0 Å². The molecule has 3 aromatic rings. The molecule has 12 nitrogen and oxygen atoms in total. The lowest BCUT2D eigenvalue weighted by Gasteiger charge is -2.49. The molecule has 0 unspecified atom stereocenters. The average molecular weight is 556 g/mol. The Morgan fingerprint density at radius 3 is 2.46 bits per heavy atom. The second-order valence-corrected chi connectivity index (χ2v) is 11.2. The monoisotopic (exact) mass is 555 g/mol. The largest absolute Gasteiger partial charge is 0.489 e. The van der Waals surface area contributed by atoms with E-state index in [9.17, 15) is 23.2 Å². The van der Waals surface area contributed by atoms with Crippen molar-refractivity contribution in [2.45, 2.75) is 24.0 Å². The summed E-state index contributed by atoms with van der Waals surface area (Å²) in [5, 5.41) is 10.2.